The molecule has 0 aliphatic heterocycles. The van der Waals surface area contributed by atoms with Crippen molar-refractivity contribution in [2.75, 3.05) is 5.32 Å². The maximum atomic E-state index is 13.2. The van der Waals surface area contributed by atoms with Gasteiger partial charge in [-0.2, -0.15) is 0 Å². The minimum atomic E-state index is -0.605. The van der Waals surface area contributed by atoms with E-state index in [1.807, 2.05) is 36.4 Å². The third kappa shape index (κ3) is 4.26. The second kappa shape index (κ2) is 9.05. The Balaban J connectivity index is 1.64. The summed E-state index contributed by atoms with van der Waals surface area (Å²) in [5, 5.41) is 3.23. The number of anilines is 1. The number of nitrogens with zero attached hydrogens (tertiary/aromatic N) is 4. The van der Waals surface area contributed by atoms with Crippen molar-refractivity contribution in [2.24, 2.45) is 0 Å². The normalized spacial score (nSPS) is 10.9. The summed E-state index contributed by atoms with van der Waals surface area (Å²) in [6.07, 6.45) is 6.56. The van der Waals surface area contributed by atoms with Crippen molar-refractivity contribution < 1.29 is 4.79 Å². The maximum absolute atomic E-state index is 13.2. The fourth-order valence-corrected chi connectivity index (χ4v) is 4.08. The molecule has 5 aromatic rings. The Kier molecular flexibility index (Phi) is 5.79. The topological polar surface area (TPSA) is 89.8 Å². The van der Waals surface area contributed by atoms with Gasteiger partial charge in [0, 0.05) is 41.7 Å². The van der Waals surface area contributed by atoms with E-state index in [1.165, 1.54) is 18.3 Å². The van der Waals surface area contributed by atoms with Crippen molar-refractivity contribution >= 4 is 45.8 Å². The van der Waals surface area contributed by atoms with Crippen LogP contribution in [0.5, 0.6) is 0 Å². The number of nitrogens with one attached hydrogen (secondary N) is 1. The molecule has 7 nitrogen and oxygen atoms in total. The summed E-state index contributed by atoms with van der Waals surface area (Å²) < 4.78 is 1.72. The summed E-state index contributed by atoms with van der Waals surface area (Å²) in [4.78, 5) is 38.7. The number of pyridine rings is 4. The summed E-state index contributed by atoms with van der Waals surface area (Å²) >= 11 is 11.9. The zero-order valence-electron chi connectivity index (χ0n) is 17.4. The highest BCUT2D eigenvalue weighted by Gasteiger charge is 2.18. The zero-order chi connectivity index (χ0) is 23.7. The van der Waals surface area contributed by atoms with E-state index >= 15 is 0 Å². The fraction of sp³-hybridized carbons (Fsp3) is 0. The van der Waals surface area contributed by atoms with Crippen LogP contribution in [0.1, 0.15) is 10.4 Å². The molecule has 0 saturated carbocycles. The number of fused-ring (bicyclic) bond motifs is 1. The SMILES string of the molecule is O=C(Nc1cc(Cl)nc(Cl)c1)c1cn(-c2cccc(-c3cccnc3)c2)c2ncccc2c1=O. The van der Waals surface area contributed by atoms with Gasteiger partial charge in [-0.3, -0.25) is 14.6 Å². The van der Waals surface area contributed by atoms with Gasteiger partial charge in [0.2, 0.25) is 5.43 Å². The fourth-order valence-electron chi connectivity index (χ4n) is 3.62. The molecule has 0 aliphatic carbocycles. The summed E-state index contributed by atoms with van der Waals surface area (Å²) in [5.74, 6) is -0.605. The first-order chi connectivity index (χ1) is 16.5. The summed E-state index contributed by atoms with van der Waals surface area (Å²) in [7, 11) is 0. The minimum Gasteiger partial charge on any atom is -0.322 e. The number of hydrogen-bond acceptors (Lipinski definition) is 5. The Hall–Kier alpha value is -4.07. The molecule has 0 bridgehead atoms. The standard InChI is InChI=1S/C25H15Cl2N5O2/c26-21-11-17(12-22(27)31-21)30-25(34)20-14-32(24-19(23(20)33)7-3-9-29-24)18-6-1-4-15(10-18)16-5-2-8-28-13-16/h1-14H,(H,30,31,34). The van der Waals surface area contributed by atoms with Gasteiger partial charge in [-0.25, -0.2) is 9.97 Å². The summed E-state index contributed by atoms with van der Waals surface area (Å²) in [6, 6.07) is 17.7. The third-order valence-electron chi connectivity index (χ3n) is 5.15. The Morgan fingerprint density at radius 1 is 0.912 bits per heavy atom. The summed E-state index contributed by atoms with van der Waals surface area (Å²) in [5.41, 5.74) is 2.86. The molecule has 4 heterocycles. The number of carbonyl (C=O) groups is 1. The monoisotopic (exact) mass is 487 g/mol. The molecule has 0 aliphatic rings. The molecule has 5 rings (SSSR count). The van der Waals surface area contributed by atoms with E-state index in [1.54, 1.807) is 35.3 Å². The van der Waals surface area contributed by atoms with Gasteiger partial charge in [0.1, 0.15) is 21.5 Å². The van der Waals surface area contributed by atoms with E-state index < -0.39 is 11.3 Å². The molecule has 0 fully saturated rings. The number of amides is 1. The van der Waals surface area contributed by atoms with Crippen molar-refractivity contribution in [3.05, 3.63) is 112 Å². The second-order valence-electron chi connectivity index (χ2n) is 7.36. The lowest BCUT2D eigenvalue weighted by molar-refractivity contribution is 0.102. The van der Waals surface area contributed by atoms with Crippen LogP contribution in [0.3, 0.4) is 0 Å². The summed E-state index contributed by atoms with van der Waals surface area (Å²) in [6.45, 7) is 0. The Bertz CT molecular complexity index is 1580. The smallest absolute Gasteiger partial charge is 0.261 e. The molecule has 1 aromatic carbocycles. The Labute approximate surface area is 203 Å². The average Bonchev–Trinajstić information content (AvgIpc) is 2.84. The van der Waals surface area contributed by atoms with Crippen LogP contribution in [-0.2, 0) is 0 Å². The molecular formula is C25H15Cl2N5O2. The molecule has 0 radical (unpaired) electrons. The van der Waals surface area contributed by atoms with Crippen LogP contribution < -0.4 is 10.7 Å². The highest BCUT2D eigenvalue weighted by atomic mass is 35.5. The predicted octanol–water partition coefficient (Wildman–Crippen LogP) is 5.40. The largest absolute Gasteiger partial charge is 0.322 e. The maximum Gasteiger partial charge on any atom is 0.261 e. The van der Waals surface area contributed by atoms with Gasteiger partial charge in [-0.05, 0) is 48.0 Å². The first-order valence-corrected chi connectivity index (χ1v) is 10.9. The van der Waals surface area contributed by atoms with Crippen LogP contribution in [0.4, 0.5) is 5.69 Å². The van der Waals surface area contributed by atoms with E-state index in [4.69, 9.17) is 23.2 Å². The van der Waals surface area contributed by atoms with E-state index in [0.29, 0.717) is 16.7 Å². The third-order valence-corrected chi connectivity index (χ3v) is 5.53. The van der Waals surface area contributed by atoms with Crippen LogP contribution in [0, 0.1) is 0 Å². The van der Waals surface area contributed by atoms with Crippen LogP contribution in [0.25, 0.3) is 27.8 Å². The number of aromatic nitrogens is 4. The van der Waals surface area contributed by atoms with Crippen molar-refractivity contribution in [3.63, 3.8) is 0 Å². The first kappa shape index (κ1) is 21.8. The number of benzene rings is 1. The number of hydrogen-bond donors (Lipinski definition) is 1. The van der Waals surface area contributed by atoms with E-state index in [9.17, 15) is 9.59 Å². The van der Waals surface area contributed by atoms with Crippen LogP contribution in [0.15, 0.2) is 90.2 Å². The van der Waals surface area contributed by atoms with Gasteiger partial charge in [0.05, 0.1) is 5.39 Å². The second-order valence-corrected chi connectivity index (χ2v) is 8.14. The number of rotatable bonds is 4. The molecule has 9 heteroatoms. The highest BCUT2D eigenvalue weighted by molar-refractivity contribution is 6.33. The molecule has 0 unspecified atom stereocenters. The van der Waals surface area contributed by atoms with Crippen molar-refractivity contribution in [1.29, 1.82) is 0 Å². The quantitative estimate of drug-likeness (QED) is 0.342. The van der Waals surface area contributed by atoms with Crippen LogP contribution in [0.2, 0.25) is 10.3 Å². The van der Waals surface area contributed by atoms with E-state index in [0.717, 1.165) is 16.8 Å². The zero-order valence-corrected chi connectivity index (χ0v) is 19.0. The first-order valence-electron chi connectivity index (χ1n) is 10.2. The average molecular weight is 488 g/mol. The van der Waals surface area contributed by atoms with Gasteiger partial charge in [0.15, 0.2) is 0 Å². The van der Waals surface area contributed by atoms with Crippen molar-refractivity contribution in [3.8, 4) is 16.8 Å². The van der Waals surface area contributed by atoms with Crippen molar-refractivity contribution in [2.45, 2.75) is 0 Å². The van der Waals surface area contributed by atoms with Gasteiger partial charge in [-0.1, -0.05) is 41.4 Å². The number of carbonyl (C=O) groups excluding carboxylic acids is 1. The minimum absolute atomic E-state index is 0.0589. The highest BCUT2D eigenvalue weighted by Crippen LogP contribution is 2.24. The molecule has 1 N–H and O–H groups in total. The molecule has 166 valence electrons. The van der Waals surface area contributed by atoms with Gasteiger partial charge in [0.25, 0.3) is 5.91 Å². The van der Waals surface area contributed by atoms with Crippen LogP contribution >= 0.6 is 23.2 Å². The lowest BCUT2D eigenvalue weighted by Gasteiger charge is -2.14. The van der Waals surface area contributed by atoms with E-state index in [2.05, 4.69) is 20.3 Å². The van der Waals surface area contributed by atoms with Gasteiger partial charge < -0.3 is 9.88 Å². The molecular weight excluding hydrogens is 473 g/mol. The lowest BCUT2D eigenvalue weighted by atomic mass is 10.1. The lowest BCUT2D eigenvalue weighted by Crippen LogP contribution is -2.24. The Morgan fingerprint density at radius 3 is 2.44 bits per heavy atom. The van der Waals surface area contributed by atoms with Gasteiger partial charge >= 0.3 is 0 Å². The molecule has 4 aromatic heterocycles. The molecule has 0 spiro atoms. The predicted molar refractivity (Wildman–Crippen MR) is 133 cm³/mol. The molecule has 34 heavy (non-hydrogen) atoms. The molecule has 0 saturated heterocycles. The Morgan fingerprint density at radius 2 is 1.68 bits per heavy atom. The molecule has 0 atom stereocenters. The van der Waals surface area contributed by atoms with Crippen molar-refractivity contribution in [1.82, 2.24) is 19.5 Å². The van der Waals surface area contributed by atoms with E-state index in [-0.39, 0.29) is 15.9 Å². The molecule has 1 amide bonds. The number of halogens is 2. The van der Waals surface area contributed by atoms with Gasteiger partial charge in [-0.15, -0.1) is 0 Å². The van der Waals surface area contributed by atoms with Crippen LogP contribution in [-0.4, -0.2) is 25.4 Å².